The largest absolute Gasteiger partial charge is 0.374 e. The highest BCUT2D eigenvalue weighted by Crippen LogP contribution is 2.47. The van der Waals surface area contributed by atoms with Crippen LogP contribution in [0.1, 0.15) is 79.1 Å². The lowest BCUT2D eigenvalue weighted by atomic mass is 9.61. The molecule has 0 saturated heterocycles. The first-order chi connectivity index (χ1) is 9.65. The van der Waals surface area contributed by atoms with E-state index in [2.05, 4.69) is 33.0 Å². The second-order valence-electron chi connectivity index (χ2n) is 7.22. The Bertz CT molecular complexity index is 293. The van der Waals surface area contributed by atoms with E-state index in [1.807, 2.05) is 0 Å². The van der Waals surface area contributed by atoms with Crippen molar-refractivity contribution >= 4 is 0 Å². The molecule has 2 heteroatoms. The number of hydrogen-bond donors (Lipinski definition) is 1. The molecule has 2 aliphatic carbocycles. The summed E-state index contributed by atoms with van der Waals surface area (Å²) in [5, 5.41) is 3.72. The summed E-state index contributed by atoms with van der Waals surface area (Å²) in [5.41, 5.74) is 0.352. The topological polar surface area (TPSA) is 21.3 Å². The van der Waals surface area contributed by atoms with Crippen molar-refractivity contribution in [1.82, 2.24) is 5.32 Å². The van der Waals surface area contributed by atoms with Crippen molar-refractivity contribution in [2.24, 2.45) is 11.3 Å². The summed E-state index contributed by atoms with van der Waals surface area (Å²) in [6, 6.07) is 0.668. The fraction of sp³-hybridized carbons (Fsp3) is 1.00. The zero-order valence-corrected chi connectivity index (χ0v) is 14.1. The van der Waals surface area contributed by atoms with Gasteiger partial charge in [0, 0.05) is 11.5 Å². The molecule has 0 spiro atoms. The molecule has 5 unspecified atom stereocenters. The number of hydrogen-bond acceptors (Lipinski definition) is 2. The minimum atomic E-state index is 0.352. The Morgan fingerprint density at radius 3 is 2.55 bits per heavy atom. The Labute approximate surface area is 126 Å². The molecular weight excluding hydrogens is 246 g/mol. The lowest BCUT2D eigenvalue weighted by Crippen LogP contribution is -2.63. The van der Waals surface area contributed by atoms with Gasteiger partial charge in [-0.15, -0.1) is 0 Å². The Morgan fingerprint density at radius 2 is 1.90 bits per heavy atom. The highest BCUT2D eigenvalue weighted by molar-refractivity contribution is 5.05. The van der Waals surface area contributed by atoms with Crippen LogP contribution in [0.15, 0.2) is 0 Å². The molecule has 0 amide bonds. The molecule has 1 N–H and O–H groups in total. The first-order valence-electron chi connectivity index (χ1n) is 9.04. The quantitative estimate of drug-likeness (QED) is 0.740. The standard InChI is InChI=1S/C18H35NO/c1-5-12-19-16-13-17(18(16,4)7-3)20-15-11-9-8-10-14(15)6-2/h14-17,19H,5-13H2,1-4H3. The van der Waals surface area contributed by atoms with E-state index in [4.69, 9.17) is 4.74 Å². The van der Waals surface area contributed by atoms with Crippen LogP contribution in [-0.4, -0.2) is 24.8 Å². The third-order valence-corrected chi connectivity index (χ3v) is 6.09. The molecule has 0 aliphatic heterocycles. The SMILES string of the molecule is CCCNC1CC(OC2CCCCC2CC)C1(C)CC. The van der Waals surface area contributed by atoms with Gasteiger partial charge in [0.15, 0.2) is 0 Å². The lowest BCUT2D eigenvalue weighted by molar-refractivity contribution is -0.175. The summed E-state index contributed by atoms with van der Waals surface area (Å²) in [6.07, 6.45) is 11.4. The van der Waals surface area contributed by atoms with Crippen LogP contribution in [0.3, 0.4) is 0 Å². The van der Waals surface area contributed by atoms with Gasteiger partial charge in [-0.3, -0.25) is 0 Å². The molecule has 20 heavy (non-hydrogen) atoms. The van der Waals surface area contributed by atoms with E-state index in [1.165, 1.54) is 51.4 Å². The molecule has 2 rings (SSSR count). The van der Waals surface area contributed by atoms with E-state index in [0.29, 0.717) is 23.7 Å². The van der Waals surface area contributed by atoms with Crippen LogP contribution in [0.5, 0.6) is 0 Å². The van der Waals surface area contributed by atoms with Crippen molar-refractivity contribution in [3.63, 3.8) is 0 Å². The zero-order chi connectivity index (χ0) is 14.6. The highest BCUT2D eigenvalue weighted by Gasteiger charge is 2.51. The fourth-order valence-corrected chi connectivity index (χ4v) is 4.17. The maximum atomic E-state index is 6.61. The molecule has 0 aromatic heterocycles. The zero-order valence-electron chi connectivity index (χ0n) is 14.1. The summed E-state index contributed by atoms with van der Waals surface area (Å²) < 4.78 is 6.61. The second kappa shape index (κ2) is 7.26. The van der Waals surface area contributed by atoms with Gasteiger partial charge in [-0.1, -0.05) is 47.0 Å². The summed E-state index contributed by atoms with van der Waals surface area (Å²) in [7, 11) is 0. The molecule has 0 heterocycles. The van der Waals surface area contributed by atoms with Gasteiger partial charge in [0.1, 0.15) is 0 Å². The van der Waals surface area contributed by atoms with Gasteiger partial charge in [-0.2, -0.15) is 0 Å². The summed E-state index contributed by atoms with van der Waals surface area (Å²) >= 11 is 0. The molecule has 118 valence electrons. The third kappa shape index (κ3) is 3.22. The molecule has 5 atom stereocenters. The van der Waals surface area contributed by atoms with Gasteiger partial charge in [0.25, 0.3) is 0 Å². The number of rotatable bonds is 7. The molecule has 0 radical (unpaired) electrons. The normalized spacial score (nSPS) is 41.4. The van der Waals surface area contributed by atoms with Crippen molar-refractivity contribution in [1.29, 1.82) is 0 Å². The summed E-state index contributed by atoms with van der Waals surface area (Å²) in [6.45, 7) is 10.5. The van der Waals surface area contributed by atoms with E-state index < -0.39 is 0 Å². The number of nitrogens with one attached hydrogen (secondary N) is 1. The molecule has 2 fully saturated rings. The molecule has 2 nitrogen and oxygen atoms in total. The first-order valence-corrected chi connectivity index (χ1v) is 9.04. The van der Waals surface area contributed by atoms with E-state index in [9.17, 15) is 0 Å². The van der Waals surface area contributed by atoms with Gasteiger partial charge in [0.05, 0.1) is 12.2 Å². The Hall–Kier alpha value is -0.0800. The van der Waals surface area contributed by atoms with E-state index in [-0.39, 0.29) is 0 Å². The number of ether oxygens (including phenoxy) is 1. The molecular formula is C18H35NO. The van der Waals surface area contributed by atoms with Gasteiger partial charge < -0.3 is 10.1 Å². The predicted molar refractivity (Wildman–Crippen MR) is 86.0 cm³/mol. The minimum Gasteiger partial charge on any atom is -0.374 e. The van der Waals surface area contributed by atoms with Crippen molar-refractivity contribution in [3.8, 4) is 0 Å². The second-order valence-corrected chi connectivity index (χ2v) is 7.22. The van der Waals surface area contributed by atoms with Gasteiger partial charge in [0.2, 0.25) is 0 Å². The smallest absolute Gasteiger partial charge is 0.0662 e. The van der Waals surface area contributed by atoms with E-state index >= 15 is 0 Å². The molecule has 0 aromatic carbocycles. The van der Waals surface area contributed by atoms with Gasteiger partial charge in [-0.05, 0) is 44.6 Å². The highest BCUT2D eigenvalue weighted by atomic mass is 16.5. The van der Waals surface area contributed by atoms with Crippen molar-refractivity contribution in [3.05, 3.63) is 0 Å². The van der Waals surface area contributed by atoms with Crippen molar-refractivity contribution in [2.45, 2.75) is 97.3 Å². The monoisotopic (exact) mass is 281 g/mol. The van der Waals surface area contributed by atoms with Crippen LogP contribution in [0.2, 0.25) is 0 Å². The minimum absolute atomic E-state index is 0.352. The van der Waals surface area contributed by atoms with Crippen molar-refractivity contribution < 1.29 is 4.74 Å². The summed E-state index contributed by atoms with van der Waals surface area (Å²) in [5.74, 6) is 0.813. The first kappa shape index (κ1) is 16.3. The molecule has 2 saturated carbocycles. The molecule has 0 bridgehead atoms. The predicted octanol–water partition coefficient (Wildman–Crippen LogP) is 4.53. The van der Waals surface area contributed by atoms with Crippen molar-refractivity contribution in [2.75, 3.05) is 6.54 Å². The van der Waals surface area contributed by atoms with Gasteiger partial charge in [-0.25, -0.2) is 0 Å². The Morgan fingerprint density at radius 1 is 1.15 bits per heavy atom. The fourth-order valence-electron chi connectivity index (χ4n) is 4.17. The average Bonchev–Trinajstić information content (AvgIpc) is 2.49. The maximum absolute atomic E-state index is 6.61. The summed E-state index contributed by atoms with van der Waals surface area (Å²) in [4.78, 5) is 0. The van der Waals surface area contributed by atoms with E-state index in [0.717, 1.165) is 12.5 Å². The lowest BCUT2D eigenvalue weighted by Gasteiger charge is -2.55. The van der Waals surface area contributed by atoms with Crippen LogP contribution in [0.4, 0.5) is 0 Å². The van der Waals surface area contributed by atoms with Crippen LogP contribution >= 0.6 is 0 Å². The van der Waals surface area contributed by atoms with Gasteiger partial charge >= 0.3 is 0 Å². The molecule has 0 aromatic rings. The van der Waals surface area contributed by atoms with Crippen LogP contribution in [0.25, 0.3) is 0 Å². The maximum Gasteiger partial charge on any atom is 0.0662 e. The third-order valence-electron chi connectivity index (χ3n) is 6.09. The average molecular weight is 281 g/mol. The van der Waals surface area contributed by atoms with Crippen LogP contribution < -0.4 is 5.32 Å². The Balaban J connectivity index is 1.89. The van der Waals surface area contributed by atoms with E-state index in [1.54, 1.807) is 0 Å². The van der Waals surface area contributed by atoms with Crippen LogP contribution in [0, 0.1) is 11.3 Å². The Kier molecular flexibility index (Phi) is 5.92. The molecule has 2 aliphatic rings. The van der Waals surface area contributed by atoms with Crippen LogP contribution in [-0.2, 0) is 4.74 Å².